The van der Waals surface area contributed by atoms with E-state index in [2.05, 4.69) is 0 Å². The molecule has 3 N–H and O–H groups in total. The van der Waals surface area contributed by atoms with Gasteiger partial charge in [0.1, 0.15) is 5.75 Å². The number of aryl methyl sites for hydroxylation is 1. The van der Waals surface area contributed by atoms with Crippen molar-refractivity contribution in [1.29, 1.82) is 0 Å². The lowest BCUT2D eigenvalue weighted by Gasteiger charge is -2.38. The molecule has 1 aliphatic rings. The molecule has 0 bridgehead atoms. The minimum absolute atomic E-state index is 0.125. The van der Waals surface area contributed by atoms with Gasteiger partial charge in [-0.15, -0.1) is 0 Å². The van der Waals surface area contributed by atoms with Gasteiger partial charge >= 0.3 is 6.18 Å². The van der Waals surface area contributed by atoms with Crippen LogP contribution >= 0.6 is 0 Å². The number of benzene rings is 2. The fourth-order valence-electron chi connectivity index (χ4n) is 4.81. The first-order valence-corrected chi connectivity index (χ1v) is 12.2. The van der Waals surface area contributed by atoms with E-state index in [-0.39, 0.29) is 18.8 Å². The molecule has 2 aromatic rings. The maximum Gasteiger partial charge on any atom is 0.430 e. The van der Waals surface area contributed by atoms with Crippen LogP contribution in [0.2, 0.25) is 0 Å². The normalized spacial score (nSPS) is 16.4. The van der Waals surface area contributed by atoms with E-state index in [1.54, 1.807) is 12.1 Å². The van der Waals surface area contributed by atoms with Gasteiger partial charge in [0.25, 0.3) is 11.5 Å². The van der Waals surface area contributed by atoms with Gasteiger partial charge in [-0.1, -0.05) is 49.6 Å². The smallest absolute Gasteiger partial charge is 0.430 e. The molecule has 2 amide bonds. The third-order valence-electron chi connectivity index (χ3n) is 6.95. The molecule has 36 heavy (non-hydrogen) atoms. The van der Waals surface area contributed by atoms with Crippen LogP contribution in [-0.4, -0.2) is 48.2 Å². The Morgan fingerprint density at radius 1 is 1.06 bits per heavy atom. The van der Waals surface area contributed by atoms with Gasteiger partial charge in [-0.2, -0.15) is 13.2 Å². The molecule has 2 aromatic carbocycles. The Hall–Kier alpha value is -3.07. The molecule has 0 spiro atoms. The average Bonchev–Trinajstić information content (AvgIpc) is 2.87. The predicted molar refractivity (Wildman–Crippen MR) is 129 cm³/mol. The summed E-state index contributed by atoms with van der Waals surface area (Å²) >= 11 is 0. The number of unbranched alkanes of at least 4 members (excludes halogenated alkanes) is 2. The van der Waals surface area contributed by atoms with Crippen molar-refractivity contribution in [2.75, 3.05) is 20.2 Å². The van der Waals surface area contributed by atoms with Crippen LogP contribution in [0, 0.1) is 5.92 Å². The fraction of sp³-hybridized carbons (Fsp3) is 0.481. The van der Waals surface area contributed by atoms with Crippen molar-refractivity contribution >= 4 is 11.8 Å². The van der Waals surface area contributed by atoms with E-state index in [1.165, 1.54) is 19.2 Å². The highest BCUT2D eigenvalue weighted by Gasteiger charge is 2.62. The second-order valence-corrected chi connectivity index (χ2v) is 9.30. The number of hydrogen-bond acceptors (Lipinski definition) is 4. The van der Waals surface area contributed by atoms with Crippen LogP contribution in [0.25, 0.3) is 0 Å². The number of methoxy groups -OCH3 is 1. The molecular weight excluding hydrogens is 473 g/mol. The zero-order chi connectivity index (χ0) is 26.3. The second kappa shape index (κ2) is 11.8. The lowest BCUT2D eigenvalue weighted by molar-refractivity contribution is -0.262. The summed E-state index contributed by atoms with van der Waals surface area (Å²) in [4.78, 5) is 25.6. The standard InChI is InChI=1S/C27H33F3N2O4/c1-36-22-12-7-11-21(18-22)26(35,27(28,29)30)25(34)32-16-14-19(15-17-32)8-3-2-4-9-20-10-5-6-13-23(20)24(31)33/h5-7,10-13,18-19,35H,2-4,8-9,14-17H2,1H3,(H2,31,33). The lowest BCUT2D eigenvalue weighted by Crippen LogP contribution is -2.57. The number of alkyl halides is 3. The van der Waals surface area contributed by atoms with Gasteiger partial charge in [-0.3, -0.25) is 9.59 Å². The van der Waals surface area contributed by atoms with Gasteiger partial charge in [0.2, 0.25) is 5.91 Å². The number of carbonyl (C=O) groups is 2. The molecule has 1 saturated heterocycles. The third-order valence-corrected chi connectivity index (χ3v) is 6.95. The van der Waals surface area contributed by atoms with Crippen LogP contribution in [0.5, 0.6) is 5.75 Å². The summed E-state index contributed by atoms with van der Waals surface area (Å²) < 4.78 is 46.9. The molecular formula is C27H33F3N2O4. The van der Waals surface area contributed by atoms with Gasteiger partial charge in [0.15, 0.2) is 0 Å². The number of carbonyl (C=O) groups excluding carboxylic acids is 2. The van der Waals surface area contributed by atoms with Crippen LogP contribution in [-0.2, 0) is 16.8 Å². The zero-order valence-electron chi connectivity index (χ0n) is 20.4. The van der Waals surface area contributed by atoms with Gasteiger partial charge in [-0.25, -0.2) is 0 Å². The number of hydrogen-bond donors (Lipinski definition) is 2. The summed E-state index contributed by atoms with van der Waals surface area (Å²) in [6.45, 7) is 0.329. The van der Waals surface area contributed by atoms with Crippen LogP contribution in [0.15, 0.2) is 48.5 Å². The van der Waals surface area contributed by atoms with E-state index < -0.39 is 29.2 Å². The molecule has 0 aliphatic carbocycles. The van der Waals surface area contributed by atoms with Crippen molar-refractivity contribution in [2.24, 2.45) is 11.7 Å². The Morgan fingerprint density at radius 2 is 1.75 bits per heavy atom. The first-order valence-electron chi connectivity index (χ1n) is 12.2. The number of aliphatic hydroxyl groups is 1. The van der Waals surface area contributed by atoms with E-state index in [9.17, 15) is 27.9 Å². The van der Waals surface area contributed by atoms with E-state index in [0.717, 1.165) is 54.7 Å². The Labute approximate surface area is 209 Å². The molecule has 196 valence electrons. The SMILES string of the molecule is COc1cccc(C(O)(C(=O)N2CCC(CCCCCc3ccccc3C(N)=O)CC2)C(F)(F)F)c1. The van der Waals surface area contributed by atoms with Crippen LogP contribution in [0.4, 0.5) is 13.2 Å². The van der Waals surface area contributed by atoms with Crippen molar-refractivity contribution in [3.63, 3.8) is 0 Å². The van der Waals surface area contributed by atoms with Crippen molar-refractivity contribution in [3.8, 4) is 5.75 Å². The van der Waals surface area contributed by atoms with E-state index >= 15 is 0 Å². The summed E-state index contributed by atoms with van der Waals surface area (Å²) in [5.41, 5.74) is 2.71. The highest BCUT2D eigenvalue weighted by Crippen LogP contribution is 2.42. The minimum Gasteiger partial charge on any atom is -0.497 e. The van der Waals surface area contributed by atoms with E-state index in [1.807, 2.05) is 12.1 Å². The Kier molecular flexibility index (Phi) is 9.00. The van der Waals surface area contributed by atoms with Crippen LogP contribution < -0.4 is 10.5 Å². The molecule has 1 heterocycles. The molecule has 6 nitrogen and oxygen atoms in total. The predicted octanol–water partition coefficient (Wildman–Crippen LogP) is 4.59. The van der Waals surface area contributed by atoms with Crippen molar-refractivity contribution < 1.29 is 32.6 Å². The van der Waals surface area contributed by atoms with E-state index in [4.69, 9.17) is 10.5 Å². The Balaban J connectivity index is 1.51. The maximum atomic E-state index is 14.0. The molecule has 1 aliphatic heterocycles. The van der Waals surface area contributed by atoms with Crippen molar-refractivity contribution in [3.05, 3.63) is 65.2 Å². The molecule has 1 unspecified atom stereocenters. The summed E-state index contributed by atoms with van der Waals surface area (Å²) in [7, 11) is 1.30. The molecule has 0 radical (unpaired) electrons. The van der Waals surface area contributed by atoms with E-state index in [0.29, 0.717) is 24.3 Å². The van der Waals surface area contributed by atoms with Crippen molar-refractivity contribution in [1.82, 2.24) is 4.90 Å². The number of primary amides is 1. The molecule has 1 fully saturated rings. The first-order chi connectivity index (χ1) is 17.1. The summed E-state index contributed by atoms with van der Waals surface area (Å²) in [5, 5.41) is 10.7. The number of rotatable bonds is 10. The largest absolute Gasteiger partial charge is 0.497 e. The quantitative estimate of drug-likeness (QED) is 0.461. The lowest BCUT2D eigenvalue weighted by atomic mass is 9.87. The first kappa shape index (κ1) is 27.5. The van der Waals surface area contributed by atoms with Crippen molar-refractivity contribution in [2.45, 2.75) is 56.7 Å². The van der Waals surface area contributed by atoms with Gasteiger partial charge in [-0.05, 0) is 55.4 Å². The highest BCUT2D eigenvalue weighted by molar-refractivity contribution is 5.94. The number of nitrogens with zero attached hydrogens (tertiary/aromatic N) is 1. The highest BCUT2D eigenvalue weighted by atomic mass is 19.4. The maximum absolute atomic E-state index is 14.0. The number of likely N-dealkylation sites (tertiary alicyclic amines) is 1. The Morgan fingerprint density at radius 3 is 2.39 bits per heavy atom. The third kappa shape index (κ3) is 6.19. The number of ether oxygens (including phenoxy) is 1. The number of piperidine rings is 1. The molecule has 9 heteroatoms. The molecule has 3 rings (SSSR count). The summed E-state index contributed by atoms with van der Waals surface area (Å²) in [6, 6.07) is 12.2. The van der Waals surface area contributed by atoms with Crippen LogP contribution in [0.1, 0.15) is 60.0 Å². The molecule has 1 atom stereocenters. The minimum atomic E-state index is -5.18. The zero-order valence-corrected chi connectivity index (χ0v) is 20.4. The average molecular weight is 507 g/mol. The monoisotopic (exact) mass is 506 g/mol. The Bertz CT molecular complexity index is 1050. The summed E-state index contributed by atoms with van der Waals surface area (Å²) in [5.74, 6) is -1.35. The topological polar surface area (TPSA) is 92.9 Å². The molecule has 0 saturated carbocycles. The second-order valence-electron chi connectivity index (χ2n) is 9.30. The van der Waals surface area contributed by atoms with Crippen LogP contribution in [0.3, 0.4) is 0 Å². The number of amides is 2. The molecule has 0 aromatic heterocycles. The number of nitrogens with two attached hydrogens (primary N) is 1. The van der Waals surface area contributed by atoms with Gasteiger partial charge in [0, 0.05) is 24.2 Å². The number of halogens is 3. The summed E-state index contributed by atoms with van der Waals surface area (Å²) in [6.07, 6.45) is 0.473. The fourth-order valence-corrected chi connectivity index (χ4v) is 4.81. The van der Waals surface area contributed by atoms with Gasteiger partial charge in [0.05, 0.1) is 7.11 Å². The van der Waals surface area contributed by atoms with Gasteiger partial charge < -0.3 is 20.5 Å².